The lowest BCUT2D eigenvalue weighted by atomic mass is 10.2. The number of hydrogen-bond acceptors (Lipinski definition) is 10. The van der Waals surface area contributed by atoms with Gasteiger partial charge in [-0.2, -0.15) is 0 Å². The first-order chi connectivity index (χ1) is 16.2. The summed E-state index contributed by atoms with van der Waals surface area (Å²) >= 11 is 1.08. The maximum Gasteiger partial charge on any atom is 0.413 e. The largest absolute Gasteiger partial charge is 0.461 e. The van der Waals surface area contributed by atoms with Gasteiger partial charge in [0.25, 0.3) is 0 Å². The molecule has 0 aliphatic carbocycles. The van der Waals surface area contributed by atoms with Crippen LogP contribution < -0.4 is 10.6 Å². The minimum absolute atomic E-state index is 0.0246. The van der Waals surface area contributed by atoms with Gasteiger partial charge in [0, 0.05) is 5.38 Å². The molecule has 0 unspecified atom stereocenters. The van der Waals surface area contributed by atoms with Crippen LogP contribution in [0.25, 0.3) is 0 Å². The fourth-order valence-electron chi connectivity index (χ4n) is 2.30. The van der Waals surface area contributed by atoms with Gasteiger partial charge in [-0.1, -0.05) is 35.5 Å². The Morgan fingerprint density at radius 2 is 1.82 bits per heavy atom. The van der Waals surface area contributed by atoms with Gasteiger partial charge < -0.3 is 24.4 Å². The summed E-state index contributed by atoms with van der Waals surface area (Å²) in [5, 5.41) is 10.5. The summed E-state index contributed by atoms with van der Waals surface area (Å²) in [6, 6.07) is 9.22. The van der Waals surface area contributed by atoms with Crippen molar-refractivity contribution in [2.75, 3.05) is 25.1 Å². The van der Waals surface area contributed by atoms with Crippen molar-refractivity contribution in [3.05, 3.63) is 47.0 Å². The Morgan fingerprint density at radius 3 is 2.50 bits per heavy atom. The van der Waals surface area contributed by atoms with E-state index in [1.807, 2.05) is 30.3 Å². The van der Waals surface area contributed by atoms with E-state index >= 15 is 0 Å². The Kier molecular flexibility index (Phi) is 10.3. The molecular weight excluding hydrogens is 464 g/mol. The molecule has 0 saturated heterocycles. The minimum atomic E-state index is -0.744. The normalized spacial score (nSPS) is 11.4. The Hall–Kier alpha value is -3.67. The van der Waals surface area contributed by atoms with Crippen LogP contribution in [0.1, 0.15) is 39.0 Å². The lowest BCUT2D eigenvalue weighted by Crippen LogP contribution is -2.34. The van der Waals surface area contributed by atoms with Gasteiger partial charge in [-0.25, -0.2) is 19.4 Å². The molecule has 0 bridgehead atoms. The number of ether oxygens (including phenoxy) is 3. The summed E-state index contributed by atoms with van der Waals surface area (Å²) in [6.45, 7) is 7.20. The minimum Gasteiger partial charge on any atom is -0.461 e. The number of alkyl carbamates (subject to hydrolysis) is 1. The van der Waals surface area contributed by atoms with E-state index in [0.717, 1.165) is 16.9 Å². The molecule has 0 aliphatic heterocycles. The second-order valence-electron chi connectivity index (χ2n) is 7.65. The topological polar surface area (TPSA) is 137 Å². The smallest absolute Gasteiger partial charge is 0.413 e. The predicted octanol–water partition coefficient (Wildman–Crippen LogP) is 3.70. The van der Waals surface area contributed by atoms with Gasteiger partial charge in [-0.3, -0.25) is 5.32 Å². The first kappa shape index (κ1) is 26.6. The highest BCUT2D eigenvalue weighted by atomic mass is 32.1. The number of carbonyl (C=O) groups is 3. The van der Waals surface area contributed by atoms with Gasteiger partial charge in [0.2, 0.25) is 5.71 Å². The van der Waals surface area contributed by atoms with Gasteiger partial charge in [-0.05, 0) is 33.3 Å². The molecule has 1 heterocycles. The molecule has 34 heavy (non-hydrogen) atoms. The Labute approximate surface area is 201 Å². The average Bonchev–Trinajstić information content (AvgIpc) is 3.22. The fourth-order valence-corrected chi connectivity index (χ4v) is 2.98. The number of nitrogens with zero attached hydrogens (tertiary/aromatic N) is 2. The number of nitrogens with one attached hydrogen (secondary N) is 2. The van der Waals surface area contributed by atoms with E-state index in [4.69, 9.17) is 19.0 Å². The van der Waals surface area contributed by atoms with Crippen molar-refractivity contribution in [3.63, 3.8) is 0 Å². The third kappa shape index (κ3) is 9.86. The van der Waals surface area contributed by atoms with Crippen molar-refractivity contribution >= 4 is 40.3 Å². The van der Waals surface area contributed by atoms with E-state index in [2.05, 4.69) is 20.8 Å². The molecule has 2 aromatic rings. The number of esters is 1. The molecule has 0 radical (unpaired) electrons. The SMILES string of the molecule is CCOC(=O)/C(=N\OCCNC(=O)OC(C)(C)C)c1csc(NC(=O)OCc2ccccc2)n1. The van der Waals surface area contributed by atoms with Crippen LogP contribution >= 0.6 is 11.3 Å². The van der Waals surface area contributed by atoms with Crippen molar-refractivity contribution in [2.45, 2.75) is 39.9 Å². The van der Waals surface area contributed by atoms with Crippen LogP contribution in [0.3, 0.4) is 0 Å². The molecule has 0 spiro atoms. The summed E-state index contributed by atoms with van der Waals surface area (Å²) in [5.41, 5.74) is 0.195. The van der Waals surface area contributed by atoms with E-state index < -0.39 is 23.8 Å². The molecule has 2 N–H and O–H groups in total. The summed E-state index contributed by atoms with van der Waals surface area (Å²) in [6.07, 6.45) is -1.29. The van der Waals surface area contributed by atoms with Gasteiger partial charge in [-0.15, -0.1) is 11.3 Å². The summed E-state index contributed by atoms with van der Waals surface area (Å²) in [5.74, 6) is -0.744. The zero-order chi connectivity index (χ0) is 25.0. The van der Waals surface area contributed by atoms with Gasteiger partial charge in [0.05, 0.1) is 13.2 Å². The van der Waals surface area contributed by atoms with Crippen LogP contribution in [0.2, 0.25) is 0 Å². The third-order valence-corrected chi connectivity index (χ3v) is 4.41. The molecule has 0 atom stereocenters. The van der Waals surface area contributed by atoms with Crippen molar-refractivity contribution in [2.24, 2.45) is 5.16 Å². The van der Waals surface area contributed by atoms with Gasteiger partial charge in [0.15, 0.2) is 5.13 Å². The second-order valence-corrected chi connectivity index (χ2v) is 8.50. The maximum atomic E-state index is 12.3. The van der Waals surface area contributed by atoms with Crippen molar-refractivity contribution < 1.29 is 33.4 Å². The summed E-state index contributed by atoms with van der Waals surface area (Å²) in [4.78, 5) is 45.3. The van der Waals surface area contributed by atoms with Crippen molar-refractivity contribution in [1.82, 2.24) is 10.3 Å². The first-order valence-electron chi connectivity index (χ1n) is 10.5. The number of hydrogen-bond donors (Lipinski definition) is 2. The zero-order valence-corrected chi connectivity index (χ0v) is 20.3. The average molecular weight is 493 g/mol. The number of thiazole rings is 1. The third-order valence-electron chi connectivity index (χ3n) is 3.65. The molecule has 184 valence electrons. The number of oxime groups is 1. The lowest BCUT2D eigenvalue weighted by Gasteiger charge is -2.19. The quantitative estimate of drug-likeness (QED) is 0.168. The van der Waals surface area contributed by atoms with Crippen LogP contribution in [-0.2, 0) is 30.4 Å². The number of anilines is 1. The molecule has 2 amide bonds. The number of rotatable bonds is 10. The highest BCUT2D eigenvalue weighted by Crippen LogP contribution is 2.17. The number of benzene rings is 1. The molecular formula is C22H28N4O7S. The molecule has 0 fully saturated rings. The fraction of sp³-hybridized carbons (Fsp3) is 0.409. The second kappa shape index (κ2) is 13.1. The molecule has 1 aromatic heterocycles. The molecule has 11 nitrogen and oxygen atoms in total. The maximum absolute atomic E-state index is 12.3. The molecule has 2 rings (SSSR count). The van der Waals surface area contributed by atoms with Crippen LogP contribution in [0, 0.1) is 0 Å². The van der Waals surface area contributed by atoms with Crippen LogP contribution in [0.4, 0.5) is 14.7 Å². The van der Waals surface area contributed by atoms with Crippen LogP contribution in [-0.4, -0.2) is 54.2 Å². The van der Waals surface area contributed by atoms with E-state index in [1.54, 1.807) is 27.7 Å². The Morgan fingerprint density at radius 1 is 1.09 bits per heavy atom. The standard InChI is InChI=1S/C22H28N4O7S/c1-5-30-18(27)17(26-32-12-11-23-20(28)33-22(2,3)4)16-14-34-19(24-16)25-21(29)31-13-15-9-7-6-8-10-15/h6-10,14H,5,11-13H2,1-4H3,(H,23,28)(H,24,25,29)/b26-17-. The highest BCUT2D eigenvalue weighted by Gasteiger charge is 2.21. The van der Waals surface area contributed by atoms with Gasteiger partial charge in [0.1, 0.15) is 24.5 Å². The highest BCUT2D eigenvalue weighted by molar-refractivity contribution is 7.14. The summed E-state index contributed by atoms with van der Waals surface area (Å²) < 4.78 is 15.3. The zero-order valence-electron chi connectivity index (χ0n) is 19.5. The molecule has 12 heteroatoms. The van der Waals surface area contributed by atoms with E-state index in [-0.39, 0.29) is 42.9 Å². The Balaban J connectivity index is 1.91. The predicted molar refractivity (Wildman–Crippen MR) is 126 cm³/mol. The van der Waals surface area contributed by atoms with Crippen molar-refractivity contribution in [3.8, 4) is 0 Å². The first-order valence-corrected chi connectivity index (χ1v) is 11.3. The number of carbonyl (C=O) groups excluding carboxylic acids is 3. The van der Waals surface area contributed by atoms with E-state index in [1.165, 1.54) is 5.38 Å². The lowest BCUT2D eigenvalue weighted by molar-refractivity contribution is -0.135. The summed E-state index contributed by atoms with van der Waals surface area (Å²) in [7, 11) is 0. The van der Waals surface area contributed by atoms with E-state index in [0.29, 0.717) is 0 Å². The van der Waals surface area contributed by atoms with Crippen molar-refractivity contribution in [1.29, 1.82) is 0 Å². The Bertz CT molecular complexity index is 987. The number of amides is 2. The number of aromatic nitrogens is 1. The van der Waals surface area contributed by atoms with Gasteiger partial charge >= 0.3 is 18.2 Å². The van der Waals surface area contributed by atoms with E-state index in [9.17, 15) is 14.4 Å². The van der Waals surface area contributed by atoms with Crippen LogP contribution in [0.5, 0.6) is 0 Å². The molecule has 1 aromatic carbocycles. The molecule has 0 aliphatic rings. The monoisotopic (exact) mass is 492 g/mol. The van der Waals surface area contributed by atoms with Crippen LogP contribution in [0.15, 0.2) is 40.9 Å². The molecule has 0 saturated carbocycles.